The van der Waals surface area contributed by atoms with Gasteiger partial charge in [-0.1, -0.05) is 19.9 Å². The van der Waals surface area contributed by atoms with Gasteiger partial charge in [-0.2, -0.15) is 0 Å². The number of fused-ring (bicyclic) bond motifs is 2. The molecule has 0 radical (unpaired) electrons. The first-order chi connectivity index (χ1) is 16.6. The fourth-order valence-corrected chi connectivity index (χ4v) is 6.09. The summed E-state index contributed by atoms with van der Waals surface area (Å²) in [5.74, 6) is 2.00. The number of nitrogens with one attached hydrogen (secondary N) is 1. The van der Waals surface area contributed by atoms with Crippen LogP contribution >= 0.6 is 0 Å². The maximum absolute atomic E-state index is 11.5. The van der Waals surface area contributed by atoms with Crippen molar-refractivity contribution in [2.75, 3.05) is 31.6 Å². The van der Waals surface area contributed by atoms with Gasteiger partial charge in [-0.25, -0.2) is 8.42 Å². The number of piperidine rings is 1. The van der Waals surface area contributed by atoms with Crippen LogP contribution in [0.1, 0.15) is 61.0 Å². The lowest BCUT2D eigenvalue weighted by atomic mass is 9.87. The summed E-state index contributed by atoms with van der Waals surface area (Å²) in [5.41, 5.74) is 8.22. The molecule has 7 nitrogen and oxygen atoms in total. The molecule has 8 heteroatoms. The highest BCUT2D eigenvalue weighted by Crippen LogP contribution is 2.38. The zero-order chi connectivity index (χ0) is 24.9. The first-order valence-corrected chi connectivity index (χ1v) is 14.5. The zero-order valence-electron chi connectivity index (χ0n) is 21.3. The average molecular weight is 494 g/mol. The number of likely N-dealkylation sites (tertiary alicyclic amines) is 1. The number of H-pyrrole nitrogens is 1. The summed E-state index contributed by atoms with van der Waals surface area (Å²) >= 11 is 0. The van der Waals surface area contributed by atoms with Crippen molar-refractivity contribution in [2.24, 2.45) is 0 Å². The number of aromatic nitrogens is 4. The van der Waals surface area contributed by atoms with Crippen LogP contribution in [0.5, 0.6) is 0 Å². The second kappa shape index (κ2) is 9.06. The van der Waals surface area contributed by atoms with Crippen molar-refractivity contribution >= 4 is 26.4 Å². The maximum Gasteiger partial charge on any atom is 0.163 e. The summed E-state index contributed by atoms with van der Waals surface area (Å²) in [7, 11) is -2.91. The molecule has 3 aromatic heterocycles. The van der Waals surface area contributed by atoms with Crippen molar-refractivity contribution in [3.8, 4) is 11.3 Å². The highest BCUT2D eigenvalue weighted by molar-refractivity contribution is 7.90. The Balaban J connectivity index is 1.47. The number of sulfone groups is 1. The maximum atomic E-state index is 11.5. The van der Waals surface area contributed by atoms with Gasteiger partial charge in [0.15, 0.2) is 5.65 Å². The molecule has 0 spiro atoms. The molecule has 5 rings (SSSR count). The van der Waals surface area contributed by atoms with Crippen LogP contribution in [0.3, 0.4) is 0 Å². The lowest BCUT2D eigenvalue weighted by molar-refractivity contribution is 0.223. The molecule has 4 heterocycles. The van der Waals surface area contributed by atoms with E-state index in [4.69, 9.17) is 0 Å². The fraction of sp³-hybridized carbons (Fsp3) is 0.481. The van der Waals surface area contributed by atoms with E-state index in [0.29, 0.717) is 18.4 Å². The second-order valence-corrected chi connectivity index (χ2v) is 12.7. The Morgan fingerprint density at radius 3 is 2.54 bits per heavy atom. The minimum Gasteiger partial charge on any atom is -0.354 e. The fourth-order valence-electron chi connectivity index (χ4n) is 5.50. The van der Waals surface area contributed by atoms with Crippen LogP contribution in [0.4, 0.5) is 0 Å². The molecule has 1 saturated heterocycles. The summed E-state index contributed by atoms with van der Waals surface area (Å²) in [6, 6.07) is 9.08. The van der Waals surface area contributed by atoms with Gasteiger partial charge >= 0.3 is 0 Å². The zero-order valence-corrected chi connectivity index (χ0v) is 22.1. The third-order valence-corrected chi connectivity index (χ3v) is 8.35. The van der Waals surface area contributed by atoms with E-state index in [-0.39, 0.29) is 5.75 Å². The molecule has 0 unspecified atom stereocenters. The minimum atomic E-state index is -2.91. The Morgan fingerprint density at radius 2 is 1.86 bits per heavy atom. The first kappa shape index (κ1) is 24.0. The first-order valence-electron chi connectivity index (χ1n) is 12.5. The largest absolute Gasteiger partial charge is 0.354 e. The molecule has 0 atom stereocenters. The van der Waals surface area contributed by atoms with Gasteiger partial charge in [0.2, 0.25) is 0 Å². The Morgan fingerprint density at radius 1 is 1.11 bits per heavy atom. The quantitative estimate of drug-likeness (QED) is 0.415. The molecule has 1 aliphatic heterocycles. The third-order valence-electron chi connectivity index (χ3n) is 7.43. The molecule has 4 aromatic rings. The van der Waals surface area contributed by atoms with E-state index in [0.717, 1.165) is 54.0 Å². The van der Waals surface area contributed by atoms with Gasteiger partial charge in [0.1, 0.15) is 15.7 Å². The number of hydrogen-bond donors (Lipinski definition) is 1. The normalized spacial score (nSPS) is 16.2. The number of aryl methyl sites for hydroxylation is 2. The van der Waals surface area contributed by atoms with Crippen molar-refractivity contribution in [3.63, 3.8) is 0 Å². The molecule has 1 N–H and O–H groups in total. The summed E-state index contributed by atoms with van der Waals surface area (Å²) in [4.78, 5) is 6.00. The van der Waals surface area contributed by atoms with Gasteiger partial charge in [-0.05, 0) is 86.5 Å². The van der Waals surface area contributed by atoms with E-state index in [1.54, 1.807) is 0 Å². The molecular formula is C27H35N5O2S. The van der Waals surface area contributed by atoms with Crippen molar-refractivity contribution in [1.82, 2.24) is 24.5 Å². The van der Waals surface area contributed by atoms with E-state index in [1.807, 2.05) is 6.92 Å². The highest BCUT2D eigenvalue weighted by Gasteiger charge is 2.23. The van der Waals surface area contributed by atoms with Gasteiger partial charge in [0.25, 0.3) is 0 Å². The monoisotopic (exact) mass is 493 g/mol. The third kappa shape index (κ3) is 4.74. The predicted octanol–water partition coefficient (Wildman–Crippen LogP) is 4.84. The van der Waals surface area contributed by atoms with E-state index >= 15 is 0 Å². The van der Waals surface area contributed by atoms with Crippen LogP contribution in [0, 0.1) is 13.8 Å². The second-order valence-electron chi connectivity index (χ2n) is 10.5. The summed E-state index contributed by atoms with van der Waals surface area (Å²) < 4.78 is 25.1. The average Bonchev–Trinajstić information content (AvgIpc) is 3.38. The molecule has 0 amide bonds. The Labute approximate surface area is 207 Å². The van der Waals surface area contributed by atoms with Crippen LogP contribution in [-0.4, -0.2) is 64.5 Å². The topological polar surface area (TPSA) is 83.4 Å². The number of nitrogens with zero attached hydrogens (tertiary/aromatic N) is 4. The standard InChI is InChI=1S/C27H35N5O2S/c1-17(2)25-23-15-21(20-8-10-31(11-9-20)12-13-35(5,33)34)6-7-24(23)28-26(25)22-14-18(3)27-30-29-19(4)32(27)16-22/h6-7,14-17,20,28H,8-13H2,1-5H3. The number of pyridine rings is 1. The van der Waals surface area contributed by atoms with E-state index < -0.39 is 9.84 Å². The molecule has 35 heavy (non-hydrogen) atoms. The van der Waals surface area contributed by atoms with Gasteiger partial charge in [0.05, 0.1) is 11.4 Å². The van der Waals surface area contributed by atoms with Crippen LogP contribution < -0.4 is 0 Å². The van der Waals surface area contributed by atoms with E-state index in [9.17, 15) is 8.42 Å². The SMILES string of the molecule is Cc1cc(-c2[nH]c3ccc(C4CCN(CCS(C)(=O)=O)CC4)cc3c2C(C)C)cn2c(C)nnc12. The molecule has 0 aliphatic carbocycles. The van der Waals surface area contributed by atoms with E-state index in [1.165, 1.54) is 28.5 Å². The van der Waals surface area contributed by atoms with Crippen molar-refractivity contribution < 1.29 is 8.42 Å². The summed E-state index contributed by atoms with van der Waals surface area (Å²) in [6.07, 6.45) is 5.58. The van der Waals surface area contributed by atoms with Gasteiger partial charge in [-0.15, -0.1) is 10.2 Å². The van der Waals surface area contributed by atoms with Crippen molar-refractivity contribution in [1.29, 1.82) is 0 Å². The Kier molecular flexibility index (Phi) is 6.21. The highest BCUT2D eigenvalue weighted by atomic mass is 32.2. The van der Waals surface area contributed by atoms with Crippen LogP contribution in [0.15, 0.2) is 30.5 Å². The number of rotatable bonds is 6. The Hall–Kier alpha value is -2.71. The van der Waals surface area contributed by atoms with Crippen molar-refractivity contribution in [3.05, 3.63) is 53.0 Å². The molecule has 1 fully saturated rings. The van der Waals surface area contributed by atoms with Gasteiger partial charge in [-0.3, -0.25) is 4.40 Å². The van der Waals surface area contributed by atoms with Gasteiger partial charge < -0.3 is 9.88 Å². The summed E-state index contributed by atoms with van der Waals surface area (Å²) in [6.45, 7) is 11.1. The van der Waals surface area contributed by atoms with Crippen molar-refractivity contribution in [2.45, 2.75) is 52.4 Å². The van der Waals surface area contributed by atoms with Crippen LogP contribution in [0.2, 0.25) is 0 Å². The lowest BCUT2D eigenvalue weighted by Gasteiger charge is -2.32. The predicted molar refractivity (Wildman–Crippen MR) is 142 cm³/mol. The molecule has 1 aromatic carbocycles. The summed E-state index contributed by atoms with van der Waals surface area (Å²) in [5, 5.41) is 9.86. The lowest BCUT2D eigenvalue weighted by Crippen LogP contribution is -2.36. The Bertz CT molecular complexity index is 1490. The molecule has 186 valence electrons. The van der Waals surface area contributed by atoms with Crippen LogP contribution in [0.25, 0.3) is 27.8 Å². The number of hydrogen-bond acceptors (Lipinski definition) is 5. The number of benzene rings is 1. The molecular weight excluding hydrogens is 458 g/mol. The van der Waals surface area contributed by atoms with Gasteiger partial charge in [0, 0.05) is 35.5 Å². The van der Waals surface area contributed by atoms with E-state index in [2.05, 4.69) is 75.7 Å². The molecule has 0 bridgehead atoms. The molecule has 0 saturated carbocycles. The molecule has 1 aliphatic rings. The van der Waals surface area contributed by atoms with Crippen LogP contribution in [-0.2, 0) is 9.84 Å². The number of aromatic amines is 1. The minimum absolute atomic E-state index is 0.243. The smallest absolute Gasteiger partial charge is 0.163 e.